The van der Waals surface area contributed by atoms with Crippen LogP contribution in [-0.2, 0) is 6.54 Å². The summed E-state index contributed by atoms with van der Waals surface area (Å²) in [6.07, 6.45) is 5.49. The van der Waals surface area contributed by atoms with Crippen molar-refractivity contribution in [3.05, 3.63) is 64.7 Å². The van der Waals surface area contributed by atoms with E-state index in [1.807, 2.05) is 24.3 Å². The van der Waals surface area contributed by atoms with Crippen molar-refractivity contribution in [3.63, 3.8) is 0 Å². The highest BCUT2D eigenvalue weighted by atomic mass is 32.1. The molecular weight excluding hydrogens is 274 g/mol. The second kappa shape index (κ2) is 5.83. The Labute approximate surface area is 128 Å². The maximum absolute atomic E-state index is 5.49. The van der Waals surface area contributed by atoms with Gasteiger partial charge in [0.05, 0.1) is 0 Å². The molecule has 0 aliphatic heterocycles. The standard InChI is InChI=1S/C19H14NS/c1-3-14-20-17-6-4-5-7-18(17)21-19(20)13-12-16-10-8-15(2)9-11-16/h1,4-11H,14H2,2H3/q+1. The highest BCUT2D eigenvalue weighted by Crippen LogP contribution is 2.19. The molecule has 0 amide bonds. The molecule has 0 aliphatic carbocycles. The fraction of sp³-hybridized carbons (Fsp3) is 0.105. The summed E-state index contributed by atoms with van der Waals surface area (Å²) in [4.78, 5) is 0. The maximum atomic E-state index is 5.49. The van der Waals surface area contributed by atoms with Crippen LogP contribution in [0.3, 0.4) is 0 Å². The molecule has 2 heteroatoms. The number of nitrogens with zero attached hydrogens (tertiary/aromatic N) is 1. The Morgan fingerprint density at radius 2 is 1.81 bits per heavy atom. The summed E-state index contributed by atoms with van der Waals surface area (Å²) in [6.45, 7) is 2.62. The zero-order valence-electron chi connectivity index (χ0n) is 11.8. The molecule has 0 saturated heterocycles. The molecule has 0 unspecified atom stereocenters. The van der Waals surface area contributed by atoms with Crippen molar-refractivity contribution in [1.82, 2.24) is 0 Å². The second-order valence-electron chi connectivity index (χ2n) is 4.78. The maximum Gasteiger partial charge on any atom is 0.316 e. The molecule has 1 nitrogen and oxygen atoms in total. The molecular formula is C19H14NS+. The topological polar surface area (TPSA) is 3.88 Å². The van der Waals surface area contributed by atoms with Crippen LogP contribution >= 0.6 is 11.3 Å². The molecule has 0 saturated carbocycles. The van der Waals surface area contributed by atoms with E-state index in [0.717, 1.165) is 16.1 Å². The predicted octanol–water partition coefficient (Wildman–Crippen LogP) is 3.53. The Hall–Kier alpha value is -2.55. The van der Waals surface area contributed by atoms with Gasteiger partial charge in [0.1, 0.15) is 4.70 Å². The average Bonchev–Trinajstić information content (AvgIpc) is 2.85. The monoisotopic (exact) mass is 288 g/mol. The van der Waals surface area contributed by atoms with Gasteiger partial charge in [0.15, 0.2) is 0 Å². The Kier molecular flexibility index (Phi) is 3.73. The van der Waals surface area contributed by atoms with Gasteiger partial charge in [-0.25, -0.2) is 0 Å². The van der Waals surface area contributed by atoms with Crippen molar-refractivity contribution >= 4 is 21.6 Å². The van der Waals surface area contributed by atoms with Crippen LogP contribution in [0.25, 0.3) is 10.2 Å². The molecule has 0 radical (unpaired) electrons. The largest absolute Gasteiger partial charge is 0.316 e. The number of aromatic nitrogens is 1. The van der Waals surface area contributed by atoms with E-state index in [2.05, 4.69) is 53.5 Å². The van der Waals surface area contributed by atoms with Gasteiger partial charge in [-0.2, -0.15) is 4.57 Å². The number of benzene rings is 2. The van der Waals surface area contributed by atoms with Crippen LogP contribution in [-0.4, -0.2) is 0 Å². The Morgan fingerprint density at radius 1 is 1.05 bits per heavy atom. The van der Waals surface area contributed by atoms with E-state index >= 15 is 0 Å². The van der Waals surface area contributed by atoms with Crippen molar-refractivity contribution in [1.29, 1.82) is 0 Å². The summed E-state index contributed by atoms with van der Waals surface area (Å²) in [6, 6.07) is 16.5. The molecule has 1 heterocycles. The summed E-state index contributed by atoms with van der Waals surface area (Å²) in [5, 5.41) is 0.995. The minimum atomic E-state index is 0.544. The zero-order valence-corrected chi connectivity index (χ0v) is 12.6. The number of hydrogen-bond donors (Lipinski definition) is 0. The molecule has 100 valence electrons. The van der Waals surface area contributed by atoms with E-state index in [9.17, 15) is 0 Å². The minimum absolute atomic E-state index is 0.544. The van der Waals surface area contributed by atoms with E-state index in [1.54, 1.807) is 11.3 Å². The number of fused-ring (bicyclic) bond motifs is 1. The zero-order chi connectivity index (χ0) is 14.7. The summed E-state index contributed by atoms with van der Waals surface area (Å²) in [5.41, 5.74) is 3.41. The Morgan fingerprint density at radius 3 is 2.57 bits per heavy atom. The van der Waals surface area contributed by atoms with Crippen molar-refractivity contribution in [3.8, 4) is 24.2 Å². The van der Waals surface area contributed by atoms with Crippen LogP contribution in [0.2, 0.25) is 0 Å². The van der Waals surface area contributed by atoms with Crippen LogP contribution in [0, 0.1) is 31.1 Å². The molecule has 0 fully saturated rings. The van der Waals surface area contributed by atoms with Gasteiger partial charge in [-0.3, -0.25) is 0 Å². The third kappa shape index (κ3) is 2.82. The predicted molar refractivity (Wildman–Crippen MR) is 88.0 cm³/mol. The van der Waals surface area contributed by atoms with Crippen molar-refractivity contribution in [2.24, 2.45) is 0 Å². The van der Waals surface area contributed by atoms with E-state index in [0.29, 0.717) is 6.54 Å². The lowest BCUT2D eigenvalue weighted by Crippen LogP contribution is -2.34. The molecule has 2 aromatic carbocycles. The highest BCUT2D eigenvalue weighted by Gasteiger charge is 2.17. The first-order chi connectivity index (χ1) is 10.3. The molecule has 1 aromatic heterocycles. The van der Waals surface area contributed by atoms with Gasteiger partial charge in [-0.15, -0.1) is 6.42 Å². The molecule has 0 N–H and O–H groups in total. The SMILES string of the molecule is C#CC[n+]1c(C#Cc2ccc(C)cc2)sc2ccccc21. The molecule has 0 atom stereocenters. The summed E-state index contributed by atoms with van der Waals surface area (Å²) < 4.78 is 3.31. The van der Waals surface area contributed by atoms with E-state index < -0.39 is 0 Å². The number of thiazole rings is 1. The number of terminal acetylenes is 1. The average molecular weight is 288 g/mol. The number of aryl methyl sites for hydroxylation is 1. The van der Waals surface area contributed by atoms with Crippen molar-refractivity contribution in [2.45, 2.75) is 13.5 Å². The molecule has 3 aromatic rings. The van der Waals surface area contributed by atoms with Crippen LogP contribution in [0.4, 0.5) is 0 Å². The normalized spacial score (nSPS) is 9.90. The third-order valence-electron chi connectivity index (χ3n) is 3.22. The summed E-state index contributed by atoms with van der Waals surface area (Å²) >= 11 is 1.68. The lowest BCUT2D eigenvalue weighted by molar-refractivity contribution is -0.656. The molecule has 0 bridgehead atoms. The van der Waals surface area contributed by atoms with Gasteiger partial charge in [0.25, 0.3) is 0 Å². The number of para-hydroxylation sites is 1. The fourth-order valence-electron chi connectivity index (χ4n) is 2.14. The van der Waals surface area contributed by atoms with E-state index in [1.165, 1.54) is 10.3 Å². The lowest BCUT2D eigenvalue weighted by atomic mass is 10.2. The highest BCUT2D eigenvalue weighted by molar-refractivity contribution is 7.18. The minimum Gasteiger partial charge on any atom is -0.163 e. The van der Waals surface area contributed by atoms with Gasteiger partial charge in [-0.1, -0.05) is 47.1 Å². The van der Waals surface area contributed by atoms with Crippen LogP contribution in [0.1, 0.15) is 16.1 Å². The smallest absolute Gasteiger partial charge is 0.163 e. The van der Waals surface area contributed by atoms with E-state index in [4.69, 9.17) is 6.42 Å². The van der Waals surface area contributed by atoms with Gasteiger partial charge in [-0.05, 0) is 31.0 Å². The van der Waals surface area contributed by atoms with Gasteiger partial charge in [0.2, 0.25) is 12.1 Å². The molecule has 0 aliphatic rings. The first-order valence-electron chi connectivity index (χ1n) is 6.71. The van der Waals surface area contributed by atoms with Gasteiger partial charge >= 0.3 is 5.01 Å². The Bertz CT molecular complexity index is 883. The van der Waals surface area contributed by atoms with E-state index in [-0.39, 0.29) is 0 Å². The van der Waals surface area contributed by atoms with Crippen molar-refractivity contribution < 1.29 is 4.57 Å². The third-order valence-corrected chi connectivity index (χ3v) is 4.30. The fourth-order valence-corrected chi connectivity index (χ4v) is 3.15. The second-order valence-corrected chi connectivity index (χ2v) is 5.81. The summed E-state index contributed by atoms with van der Waals surface area (Å²) in [5.74, 6) is 9.19. The number of hydrogen-bond acceptors (Lipinski definition) is 1. The first-order valence-corrected chi connectivity index (χ1v) is 7.53. The number of rotatable bonds is 1. The molecule has 0 spiro atoms. The first kappa shape index (κ1) is 13.4. The molecule has 3 rings (SSSR count). The quantitative estimate of drug-likeness (QED) is 0.476. The molecule has 21 heavy (non-hydrogen) atoms. The van der Waals surface area contributed by atoms with Gasteiger partial charge in [0, 0.05) is 17.6 Å². The van der Waals surface area contributed by atoms with Crippen LogP contribution in [0.15, 0.2) is 48.5 Å². The van der Waals surface area contributed by atoms with Crippen LogP contribution < -0.4 is 4.57 Å². The lowest BCUT2D eigenvalue weighted by Gasteiger charge is -1.91. The van der Waals surface area contributed by atoms with Gasteiger partial charge < -0.3 is 0 Å². The van der Waals surface area contributed by atoms with Crippen LogP contribution in [0.5, 0.6) is 0 Å². The summed E-state index contributed by atoms with van der Waals surface area (Å²) in [7, 11) is 0. The Balaban J connectivity index is 2.07. The van der Waals surface area contributed by atoms with Crippen molar-refractivity contribution in [2.75, 3.05) is 0 Å².